The van der Waals surface area contributed by atoms with Gasteiger partial charge in [-0.3, -0.25) is 4.79 Å². The summed E-state index contributed by atoms with van der Waals surface area (Å²) in [7, 11) is 0. The van der Waals surface area contributed by atoms with Crippen LogP contribution in [0.4, 0.5) is 4.79 Å². The molecule has 0 aromatic heterocycles. The Hall–Kier alpha value is -1.77. The Bertz CT molecular complexity index is 572. The van der Waals surface area contributed by atoms with Crippen molar-refractivity contribution in [1.82, 2.24) is 0 Å². The number of rotatable bonds is 14. The average Bonchev–Trinajstić information content (AvgIpc) is 2.66. The molecule has 0 aliphatic carbocycles. The SMILES string of the molecule is CC(C)(C)OC(=O)OCCOCCOCCCSCC(=O)OCc1ccccc1. The molecule has 0 fully saturated rings. The second-order valence-electron chi connectivity index (χ2n) is 7.09. The van der Waals surface area contributed by atoms with Gasteiger partial charge in [0.2, 0.25) is 0 Å². The van der Waals surface area contributed by atoms with Gasteiger partial charge in [0.05, 0.1) is 25.6 Å². The molecule has 0 saturated heterocycles. The van der Waals surface area contributed by atoms with Gasteiger partial charge < -0.3 is 23.7 Å². The minimum absolute atomic E-state index is 0.145. The zero-order valence-corrected chi connectivity index (χ0v) is 18.3. The van der Waals surface area contributed by atoms with Crippen LogP contribution in [0.2, 0.25) is 0 Å². The van der Waals surface area contributed by atoms with Crippen LogP contribution in [0.15, 0.2) is 30.3 Å². The maximum Gasteiger partial charge on any atom is 0.508 e. The summed E-state index contributed by atoms with van der Waals surface area (Å²) in [5, 5.41) is 0. The Kier molecular flexibility index (Phi) is 13.2. The summed E-state index contributed by atoms with van der Waals surface area (Å²) in [4.78, 5) is 23.0. The monoisotopic (exact) mass is 428 g/mol. The van der Waals surface area contributed by atoms with Crippen molar-refractivity contribution in [3.05, 3.63) is 35.9 Å². The van der Waals surface area contributed by atoms with Crippen molar-refractivity contribution in [2.45, 2.75) is 39.4 Å². The fourth-order valence-corrected chi connectivity index (χ4v) is 2.70. The lowest BCUT2D eigenvalue weighted by Crippen LogP contribution is -2.25. The summed E-state index contributed by atoms with van der Waals surface area (Å²) in [6.07, 6.45) is 0.150. The highest BCUT2D eigenvalue weighted by atomic mass is 32.2. The van der Waals surface area contributed by atoms with Crippen molar-refractivity contribution >= 4 is 23.9 Å². The lowest BCUT2D eigenvalue weighted by molar-refractivity contribution is -0.141. The third-order valence-electron chi connectivity index (χ3n) is 3.25. The van der Waals surface area contributed by atoms with Gasteiger partial charge in [0.25, 0.3) is 0 Å². The first kappa shape index (κ1) is 25.3. The van der Waals surface area contributed by atoms with Gasteiger partial charge in [0.1, 0.15) is 18.8 Å². The van der Waals surface area contributed by atoms with Crippen LogP contribution in [0, 0.1) is 0 Å². The van der Waals surface area contributed by atoms with Crippen molar-refractivity contribution < 1.29 is 33.3 Å². The Labute approximate surface area is 177 Å². The molecule has 8 heteroatoms. The number of ether oxygens (including phenoxy) is 5. The number of hydrogen-bond acceptors (Lipinski definition) is 8. The van der Waals surface area contributed by atoms with E-state index in [0.717, 1.165) is 17.7 Å². The summed E-state index contributed by atoms with van der Waals surface area (Å²) in [6.45, 7) is 7.58. The second-order valence-corrected chi connectivity index (χ2v) is 8.20. The third kappa shape index (κ3) is 15.8. The first-order valence-electron chi connectivity index (χ1n) is 9.65. The molecule has 1 aromatic carbocycles. The van der Waals surface area contributed by atoms with Crippen LogP contribution in [0.1, 0.15) is 32.8 Å². The van der Waals surface area contributed by atoms with E-state index in [1.807, 2.05) is 30.3 Å². The molecule has 0 aliphatic rings. The van der Waals surface area contributed by atoms with Crippen LogP contribution < -0.4 is 0 Å². The topological polar surface area (TPSA) is 80.3 Å². The van der Waals surface area contributed by atoms with Crippen molar-refractivity contribution in [2.24, 2.45) is 0 Å². The molecule has 1 rings (SSSR count). The Balaban J connectivity index is 1.83. The summed E-state index contributed by atoms with van der Waals surface area (Å²) in [5.74, 6) is 0.959. The van der Waals surface area contributed by atoms with Gasteiger partial charge >= 0.3 is 12.1 Å². The maximum absolute atomic E-state index is 11.7. The maximum atomic E-state index is 11.7. The highest BCUT2D eigenvalue weighted by Gasteiger charge is 2.16. The third-order valence-corrected chi connectivity index (χ3v) is 4.27. The van der Waals surface area contributed by atoms with Crippen molar-refractivity contribution in [1.29, 1.82) is 0 Å². The molecule has 1 aromatic rings. The molecule has 0 unspecified atom stereocenters. The molecule has 0 bridgehead atoms. The van der Waals surface area contributed by atoms with E-state index in [4.69, 9.17) is 23.7 Å². The summed E-state index contributed by atoms with van der Waals surface area (Å²) >= 11 is 1.53. The van der Waals surface area contributed by atoms with Crippen LogP contribution in [-0.4, -0.2) is 62.3 Å². The Morgan fingerprint density at radius 2 is 1.55 bits per heavy atom. The van der Waals surface area contributed by atoms with E-state index in [9.17, 15) is 9.59 Å². The van der Waals surface area contributed by atoms with E-state index in [0.29, 0.717) is 38.8 Å². The van der Waals surface area contributed by atoms with Crippen LogP contribution in [-0.2, 0) is 35.1 Å². The number of benzene rings is 1. The quantitative estimate of drug-likeness (QED) is 0.327. The van der Waals surface area contributed by atoms with E-state index in [2.05, 4.69) is 0 Å². The molecular weight excluding hydrogens is 396 g/mol. The molecule has 0 aliphatic heterocycles. The van der Waals surface area contributed by atoms with Crippen molar-refractivity contribution in [3.63, 3.8) is 0 Å². The van der Waals surface area contributed by atoms with Crippen molar-refractivity contribution in [3.8, 4) is 0 Å². The van der Waals surface area contributed by atoms with Gasteiger partial charge in [0.15, 0.2) is 0 Å². The van der Waals surface area contributed by atoms with Crippen LogP contribution in [0.25, 0.3) is 0 Å². The fraction of sp³-hybridized carbons (Fsp3) is 0.619. The smallest absolute Gasteiger partial charge is 0.460 e. The highest BCUT2D eigenvalue weighted by Crippen LogP contribution is 2.08. The van der Waals surface area contributed by atoms with Crippen LogP contribution in [0.3, 0.4) is 0 Å². The van der Waals surface area contributed by atoms with E-state index in [-0.39, 0.29) is 12.6 Å². The number of hydrogen-bond donors (Lipinski definition) is 0. The molecular formula is C21H32O7S. The van der Waals surface area contributed by atoms with E-state index in [1.54, 1.807) is 20.8 Å². The molecule has 7 nitrogen and oxygen atoms in total. The van der Waals surface area contributed by atoms with Crippen LogP contribution in [0.5, 0.6) is 0 Å². The molecule has 0 atom stereocenters. The lowest BCUT2D eigenvalue weighted by Gasteiger charge is -2.18. The van der Waals surface area contributed by atoms with Gasteiger partial charge in [0, 0.05) is 6.61 Å². The van der Waals surface area contributed by atoms with E-state index in [1.165, 1.54) is 11.8 Å². The molecule has 0 spiro atoms. The minimum Gasteiger partial charge on any atom is -0.460 e. The number of esters is 1. The number of carbonyl (C=O) groups is 2. The predicted molar refractivity (Wildman–Crippen MR) is 112 cm³/mol. The summed E-state index contributed by atoms with van der Waals surface area (Å²) < 4.78 is 25.9. The number of thioether (sulfide) groups is 1. The molecule has 29 heavy (non-hydrogen) atoms. The summed E-state index contributed by atoms with van der Waals surface area (Å²) in [5.41, 5.74) is 0.421. The van der Waals surface area contributed by atoms with Crippen molar-refractivity contribution in [2.75, 3.05) is 44.5 Å². The molecule has 164 valence electrons. The average molecular weight is 429 g/mol. The van der Waals surface area contributed by atoms with E-state index < -0.39 is 11.8 Å². The van der Waals surface area contributed by atoms with E-state index >= 15 is 0 Å². The lowest BCUT2D eigenvalue weighted by atomic mass is 10.2. The van der Waals surface area contributed by atoms with Crippen LogP contribution >= 0.6 is 11.8 Å². The van der Waals surface area contributed by atoms with Gasteiger partial charge in [-0.2, -0.15) is 11.8 Å². The zero-order chi connectivity index (χ0) is 21.4. The zero-order valence-electron chi connectivity index (χ0n) is 17.5. The fourth-order valence-electron chi connectivity index (χ4n) is 1.98. The predicted octanol–water partition coefficient (Wildman–Crippen LogP) is 3.84. The number of carbonyl (C=O) groups excluding carboxylic acids is 2. The molecule has 0 N–H and O–H groups in total. The second kappa shape index (κ2) is 15.1. The standard InChI is InChI=1S/C21H32O7S/c1-21(2,3)28-20(23)26-14-13-25-12-11-24-10-7-15-29-17-19(22)27-16-18-8-5-4-6-9-18/h4-6,8-9H,7,10-17H2,1-3H3. The van der Waals surface area contributed by atoms with Gasteiger partial charge in [-0.15, -0.1) is 0 Å². The molecule has 0 saturated carbocycles. The highest BCUT2D eigenvalue weighted by molar-refractivity contribution is 7.99. The first-order chi connectivity index (χ1) is 13.9. The van der Waals surface area contributed by atoms with Gasteiger partial charge in [-0.25, -0.2) is 4.79 Å². The minimum atomic E-state index is -0.696. The Morgan fingerprint density at radius 1 is 0.897 bits per heavy atom. The normalized spacial score (nSPS) is 11.1. The van der Waals surface area contributed by atoms with Gasteiger partial charge in [-0.05, 0) is 38.5 Å². The first-order valence-corrected chi connectivity index (χ1v) is 10.8. The van der Waals surface area contributed by atoms with Gasteiger partial charge in [-0.1, -0.05) is 30.3 Å². The molecule has 0 heterocycles. The molecule has 0 radical (unpaired) electrons. The Morgan fingerprint density at radius 3 is 2.24 bits per heavy atom. The largest absolute Gasteiger partial charge is 0.508 e. The molecule has 0 amide bonds. The summed E-state index contributed by atoms with van der Waals surface area (Å²) in [6, 6.07) is 9.61.